The van der Waals surface area contributed by atoms with Crippen molar-refractivity contribution in [3.63, 3.8) is 0 Å². The maximum atomic E-state index is 2.50. The zero-order chi connectivity index (χ0) is 19.9. The van der Waals surface area contributed by atoms with E-state index in [9.17, 15) is 0 Å². The Labute approximate surface area is 175 Å². The molecule has 0 heterocycles. The Morgan fingerprint density at radius 3 is 2.50 bits per heavy atom. The lowest BCUT2D eigenvalue weighted by molar-refractivity contribution is 0.353. The predicted molar refractivity (Wildman–Crippen MR) is 128 cm³/mol. The van der Waals surface area contributed by atoms with Crippen LogP contribution >= 0.6 is 7.92 Å². The van der Waals surface area contributed by atoms with E-state index >= 15 is 0 Å². The summed E-state index contributed by atoms with van der Waals surface area (Å²) in [6.07, 6.45) is 19.4. The van der Waals surface area contributed by atoms with Gasteiger partial charge in [-0.3, -0.25) is 0 Å². The molecule has 3 unspecified atom stereocenters. The molecular weight excluding hydrogens is 357 g/mol. The summed E-state index contributed by atoms with van der Waals surface area (Å²) in [5, 5.41) is 1.71. The summed E-state index contributed by atoms with van der Waals surface area (Å²) in [4.78, 5) is 2.40. The number of rotatable bonds is 8. The highest BCUT2D eigenvalue weighted by Crippen LogP contribution is 2.54. The summed E-state index contributed by atoms with van der Waals surface area (Å²) in [5.41, 5.74) is 4.90. The van der Waals surface area contributed by atoms with Crippen molar-refractivity contribution in [3.05, 3.63) is 48.1 Å². The number of allylic oxidation sites excluding steroid dienone is 2. The van der Waals surface area contributed by atoms with Crippen LogP contribution in [0.2, 0.25) is 0 Å². The van der Waals surface area contributed by atoms with E-state index in [1.54, 1.807) is 10.9 Å². The molecule has 0 aromatic heterocycles. The fourth-order valence-corrected chi connectivity index (χ4v) is 9.22. The second kappa shape index (κ2) is 10.7. The Kier molecular flexibility index (Phi) is 8.36. The molecule has 0 N–H and O–H groups in total. The second-order valence-corrected chi connectivity index (χ2v) is 11.6. The van der Waals surface area contributed by atoms with Crippen molar-refractivity contribution in [2.75, 3.05) is 14.1 Å². The Morgan fingerprint density at radius 1 is 1.07 bits per heavy atom. The van der Waals surface area contributed by atoms with E-state index in [0.717, 1.165) is 17.7 Å². The zero-order valence-corrected chi connectivity index (χ0v) is 19.4. The molecule has 154 valence electrons. The topological polar surface area (TPSA) is 3.24 Å². The smallest absolute Gasteiger partial charge is 0.0382 e. The minimum absolute atomic E-state index is 0.111. The largest absolute Gasteiger partial charge is 0.302 e. The third-order valence-electron chi connectivity index (χ3n) is 6.70. The maximum absolute atomic E-state index is 2.50. The van der Waals surface area contributed by atoms with Crippen LogP contribution in [0.5, 0.6) is 0 Å². The van der Waals surface area contributed by atoms with Gasteiger partial charge in [0, 0.05) is 6.04 Å². The van der Waals surface area contributed by atoms with Crippen LogP contribution in [-0.4, -0.2) is 36.4 Å². The molecule has 0 radical (unpaired) electrons. The highest BCUT2D eigenvalue weighted by atomic mass is 31.1. The third kappa shape index (κ3) is 4.98. The van der Waals surface area contributed by atoms with Gasteiger partial charge in [-0.05, 0) is 74.0 Å². The second-order valence-electron chi connectivity index (χ2n) is 8.83. The summed E-state index contributed by atoms with van der Waals surface area (Å²) in [6.45, 7) is 4.81. The first kappa shape index (κ1) is 21.8. The van der Waals surface area contributed by atoms with E-state index in [2.05, 4.69) is 75.3 Å². The fourth-order valence-electron chi connectivity index (χ4n) is 5.24. The van der Waals surface area contributed by atoms with Crippen molar-refractivity contribution >= 4 is 18.8 Å². The first-order valence-corrected chi connectivity index (χ1v) is 13.1. The molecule has 1 saturated carbocycles. The predicted octanol–water partition coefficient (Wildman–Crippen LogP) is 6.98. The van der Waals surface area contributed by atoms with Gasteiger partial charge >= 0.3 is 0 Å². The van der Waals surface area contributed by atoms with Crippen LogP contribution in [0, 0.1) is 0 Å². The van der Waals surface area contributed by atoms with Gasteiger partial charge in [0.25, 0.3) is 0 Å². The van der Waals surface area contributed by atoms with Crippen LogP contribution in [0.25, 0.3) is 5.57 Å². The summed E-state index contributed by atoms with van der Waals surface area (Å²) in [6, 6.07) is 9.99. The molecule has 3 atom stereocenters. The van der Waals surface area contributed by atoms with Crippen LogP contribution < -0.4 is 5.30 Å². The Bertz CT molecular complexity index is 664. The monoisotopic (exact) mass is 397 g/mol. The number of hydrogen-bond donors (Lipinski definition) is 0. The van der Waals surface area contributed by atoms with Crippen LogP contribution in [-0.2, 0) is 0 Å². The Morgan fingerprint density at radius 2 is 1.82 bits per heavy atom. The van der Waals surface area contributed by atoms with Crippen molar-refractivity contribution < 1.29 is 0 Å². The van der Waals surface area contributed by atoms with E-state index < -0.39 is 0 Å². The SMILES string of the molecule is CCCC(CC)P(c1ccccc1C1=CC=CCC1N(C)C)C1CCCCC1. The minimum atomic E-state index is -0.111. The molecule has 1 aromatic rings. The van der Waals surface area contributed by atoms with E-state index in [-0.39, 0.29) is 7.92 Å². The molecular formula is C26H40NP. The highest BCUT2D eigenvalue weighted by Gasteiger charge is 2.33. The molecule has 1 fully saturated rings. The van der Waals surface area contributed by atoms with Crippen molar-refractivity contribution in [1.29, 1.82) is 0 Å². The fraction of sp³-hybridized carbons (Fsp3) is 0.615. The molecule has 0 saturated heterocycles. The molecule has 2 heteroatoms. The van der Waals surface area contributed by atoms with Gasteiger partial charge < -0.3 is 4.90 Å². The molecule has 1 nitrogen and oxygen atoms in total. The van der Waals surface area contributed by atoms with Crippen LogP contribution in [0.3, 0.4) is 0 Å². The van der Waals surface area contributed by atoms with Gasteiger partial charge in [0.2, 0.25) is 0 Å². The molecule has 0 amide bonds. The van der Waals surface area contributed by atoms with Crippen molar-refractivity contribution in [2.24, 2.45) is 0 Å². The van der Waals surface area contributed by atoms with Crippen molar-refractivity contribution in [2.45, 2.75) is 89.0 Å². The number of benzene rings is 1. The molecule has 2 aliphatic carbocycles. The lowest BCUT2D eigenvalue weighted by atomic mass is 9.92. The maximum Gasteiger partial charge on any atom is 0.0382 e. The molecule has 28 heavy (non-hydrogen) atoms. The number of nitrogens with zero attached hydrogens (tertiary/aromatic N) is 1. The van der Waals surface area contributed by atoms with E-state index in [1.165, 1.54) is 56.9 Å². The van der Waals surface area contributed by atoms with Gasteiger partial charge in [0.1, 0.15) is 0 Å². The summed E-state index contributed by atoms with van der Waals surface area (Å²) >= 11 is 0. The van der Waals surface area contributed by atoms with E-state index in [1.807, 2.05) is 0 Å². The summed E-state index contributed by atoms with van der Waals surface area (Å²) in [7, 11) is 4.35. The van der Waals surface area contributed by atoms with Crippen LogP contribution in [0.15, 0.2) is 42.5 Å². The Hall–Kier alpha value is -0.910. The highest BCUT2D eigenvalue weighted by molar-refractivity contribution is 7.67. The quantitative estimate of drug-likeness (QED) is 0.428. The van der Waals surface area contributed by atoms with E-state index in [0.29, 0.717) is 6.04 Å². The lowest BCUT2D eigenvalue weighted by Crippen LogP contribution is -2.32. The summed E-state index contributed by atoms with van der Waals surface area (Å²) < 4.78 is 0. The van der Waals surface area contributed by atoms with Gasteiger partial charge in [0.15, 0.2) is 0 Å². The first-order valence-electron chi connectivity index (χ1n) is 11.6. The van der Waals surface area contributed by atoms with Crippen molar-refractivity contribution in [1.82, 2.24) is 4.90 Å². The first-order chi connectivity index (χ1) is 13.7. The molecule has 3 rings (SSSR count). The van der Waals surface area contributed by atoms with E-state index in [4.69, 9.17) is 0 Å². The van der Waals surface area contributed by atoms with Gasteiger partial charge in [-0.2, -0.15) is 0 Å². The van der Waals surface area contributed by atoms with Gasteiger partial charge in [-0.25, -0.2) is 0 Å². The molecule has 1 aromatic carbocycles. The molecule has 0 aliphatic heterocycles. The van der Waals surface area contributed by atoms with Gasteiger partial charge in [-0.1, -0.05) is 89.9 Å². The van der Waals surface area contributed by atoms with Gasteiger partial charge in [0.05, 0.1) is 0 Å². The zero-order valence-electron chi connectivity index (χ0n) is 18.5. The molecule has 2 aliphatic rings. The summed E-state index contributed by atoms with van der Waals surface area (Å²) in [5.74, 6) is 0. The lowest BCUT2D eigenvalue weighted by Gasteiger charge is -2.39. The standard InChI is InChI=1S/C26H40NP/c1-5-14-21(6-2)28(22-15-8-7-9-16-22)26-20-13-11-18-24(26)23-17-10-12-19-25(23)27(3)4/h10-13,17-18,20-22,25H,5-9,14-16,19H2,1-4H3. The average molecular weight is 398 g/mol. The minimum Gasteiger partial charge on any atom is -0.302 e. The van der Waals surface area contributed by atoms with Gasteiger partial charge in [-0.15, -0.1) is 0 Å². The van der Waals surface area contributed by atoms with Crippen LogP contribution in [0.4, 0.5) is 0 Å². The van der Waals surface area contributed by atoms with Crippen molar-refractivity contribution in [3.8, 4) is 0 Å². The average Bonchev–Trinajstić information content (AvgIpc) is 2.74. The number of likely N-dealkylation sites (N-methyl/N-ethyl adjacent to an activating group) is 1. The third-order valence-corrected chi connectivity index (χ3v) is 10.4. The number of hydrogen-bond acceptors (Lipinski definition) is 1. The van der Waals surface area contributed by atoms with Crippen LogP contribution in [0.1, 0.15) is 77.2 Å². The normalized spacial score (nSPS) is 22.9. The molecule has 0 spiro atoms. The Balaban J connectivity index is 2.05. The molecule has 0 bridgehead atoms.